The number of thioether (sulfide) groups is 1. The van der Waals surface area contributed by atoms with Gasteiger partial charge < -0.3 is 15.7 Å². The van der Waals surface area contributed by atoms with Gasteiger partial charge in [0.25, 0.3) is 0 Å². The average molecular weight is 324 g/mol. The standard InChI is InChI=1S/C15H20N2O4S/c1-3-12(15(20)21)17-14(19)9-22-8-13(18)16-11-6-4-10(2)5-7-11/h4-7,12H,3,8-9H2,1-2H3,(H,16,18)(H,17,19)(H,20,21). The van der Waals surface area contributed by atoms with Crippen LogP contribution in [-0.2, 0) is 14.4 Å². The van der Waals surface area contributed by atoms with Crippen molar-refractivity contribution in [3.8, 4) is 0 Å². The molecule has 3 N–H and O–H groups in total. The van der Waals surface area contributed by atoms with E-state index in [1.807, 2.05) is 31.2 Å². The second kappa shape index (κ2) is 9.09. The first-order chi connectivity index (χ1) is 10.4. The number of aliphatic carboxylic acids is 1. The summed E-state index contributed by atoms with van der Waals surface area (Å²) >= 11 is 1.14. The maximum atomic E-state index is 11.7. The molecule has 0 radical (unpaired) electrons. The number of carboxylic acids is 1. The van der Waals surface area contributed by atoms with E-state index >= 15 is 0 Å². The largest absolute Gasteiger partial charge is 0.480 e. The molecule has 22 heavy (non-hydrogen) atoms. The van der Waals surface area contributed by atoms with Crippen LogP contribution in [0.15, 0.2) is 24.3 Å². The van der Waals surface area contributed by atoms with Crippen molar-refractivity contribution in [3.63, 3.8) is 0 Å². The zero-order valence-corrected chi connectivity index (χ0v) is 13.4. The lowest BCUT2D eigenvalue weighted by atomic mass is 10.2. The molecule has 1 atom stereocenters. The predicted molar refractivity (Wildman–Crippen MR) is 87.0 cm³/mol. The molecule has 1 unspecified atom stereocenters. The smallest absolute Gasteiger partial charge is 0.326 e. The van der Waals surface area contributed by atoms with Crippen molar-refractivity contribution >= 4 is 35.2 Å². The maximum absolute atomic E-state index is 11.7. The molecule has 120 valence electrons. The summed E-state index contributed by atoms with van der Waals surface area (Å²) in [4.78, 5) is 34.1. The molecule has 0 spiro atoms. The van der Waals surface area contributed by atoms with Crippen molar-refractivity contribution in [2.24, 2.45) is 0 Å². The molecule has 0 aliphatic heterocycles. The number of hydrogen-bond acceptors (Lipinski definition) is 4. The van der Waals surface area contributed by atoms with Gasteiger partial charge in [0.05, 0.1) is 11.5 Å². The van der Waals surface area contributed by atoms with E-state index in [-0.39, 0.29) is 23.3 Å². The Bertz CT molecular complexity index is 531. The van der Waals surface area contributed by atoms with Gasteiger partial charge in [-0.2, -0.15) is 0 Å². The van der Waals surface area contributed by atoms with Gasteiger partial charge >= 0.3 is 5.97 Å². The molecule has 0 saturated heterocycles. The van der Waals surface area contributed by atoms with Gasteiger partial charge in [0.15, 0.2) is 0 Å². The van der Waals surface area contributed by atoms with Crippen LogP contribution in [0.5, 0.6) is 0 Å². The van der Waals surface area contributed by atoms with Crippen molar-refractivity contribution in [1.82, 2.24) is 5.32 Å². The zero-order chi connectivity index (χ0) is 16.5. The van der Waals surface area contributed by atoms with E-state index in [2.05, 4.69) is 10.6 Å². The minimum Gasteiger partial charge on any atom is -0.480 e. The second-order valence-corrected chi connectivity index (χ2v) is 5.76. The summed E-state index contributed by atoms with van der Waals surface area (Å²) in [5.41, 5.74) is 1.81. The molecule has 1 aromatic rings. The normalized spacial score (nSPS) is 11.5. The summed E-state index contributed by atoms with van der Waals surface area (Å²) in [6, 6.07) is 6.53. The van der Waals surface area contributed by atoms with Crippen LogP contribution in [0.2, 0.25) is 0 Å². The second-order valence-electron chi connectivity index (χ2n) is 4.77. The van der Waals surface area contributed by atoms with Crippen molar-refractivity contribution < 1.29 is 19.5 Å². The molecule has 0 bridgehead atoms. The quantitative estimate of drug-likeness (QED) is 0.676. The van der Waals surface area contributed by atoms with E-state index in [1.165, 1.54) is 0 Å². The highest BCUT2D eigenvalue weighted by Gasteiger charge is 2.17. The monoisotopic (exact) mass is 324 g/mol. The summed E-state index contributed by atoms with van der Waals surface area (Å²) in [5.74, 6) is -1.47. The number of nitrogens with one attached hydrogen (secondary N) is 2. The van der Waals surface area contributed by atoms with Gasteiger partial charge in [-0.3, -0.25) is 9.59 Å². The number of carbonyl (C=O) groups excluding carboxylic acids is 2. The van der Waals surface area contributed by atoms with E-state index in [1.54, 1.807) is 6.92 Å². The van der Waals surface area contributed by atoms with Crippen LogP contribution in [0, 0.1) is 6.92 Å². The average Bonchev–Trinajstić information content (AvgIpc) is 2.47. The number of rotatable bonds is 8. The first-order valence-corrected chi connectivity index (χ1v) is 8.04. The highest BCUT2D eigenvalue weighted by molar-refractivity contribution is 8.00. The maximum Gasteiger partial charge on any atom is 0.326 e. The van der Waals surface area contributed by atoms with Gasteiger partial charge in [-0.25, -0.2) is 4.79 Å². The summed E-state index contributed by atoms with van der Waals surface area (Å²) in [5, 5.41) is 14.0. The molecule has 0 saturated carbocycles. The van der Waals surface area contributed by atoms with E-state index in [4.69, 9.17) is 5.11 Å². The fraction of sp³-hybridized carbons (Fsp3) is 0.400. The Balaban J connectivity index is 2.28. The highest BCUT2D eigenvalue weighted by Crippen LogP contribution is 2.09. The predicted octanol–water partition coefficient (Wildman–Crippen LogP) is 1.65. The molecule has 0 aromatic heterocycles. The third kappa shape index (κ3) is 6.62. The Labute approximate surface area is 133 Å². The molecule has 6 nitrogen and oxygen atoms in total. The van der Waals surface area contributed by atoms with E-state index in [0.717, 1.165) is 17.3 Å². The molecular formula is C15H20N2O4S. The highest BCUT2D eigenvalue weighted by atomic mass is 32.2. The van der Waals surface area contributed by atoms with Crippen molar-refractivity contribution in [2.75, 3.05) is 16.8 Å². The lowest BCUT2D eigenvalue weighted by Crippen LogP contribution is -2.41. The van der Waals surface area contributed by atoms with Crippen molar-refractivity contribution in [3.05, 3.63) is 29.8 Å². The first-order valence-electron chi connectivity index (χ1n) is 6.88. The van der Waals surface area contributed by atoms with Crippen molar-refractivity contribution in [1.29, 1.82) is 0 Å². The van der Waals surface area contributed by atoms with Crippen molar-refractivity contribution in [2.45, 2.75) is 26.3 Å². The summed E-state index contributed by atoms with van der Waals surface area (Å²) in [6.07, 6.45) is 0.319. The van der Waals surface area contributed by atoms with E-state index < -0.39 is 12.0 Å². The third-order valence-electron chi connectivity index (χ3n) is 2.84. The van der Waals surface area contributed by atoms with Crippen LogP contribution in [0.4, 0.5) is 5.69 Å². The molecule has 7 heteroatoms. The first kappa shape index (κ1) is 18.0. The van der Waals surface area contributed by atoms with Crippen LogP contribution < -0.4 is 10.6 Å². The number of carboxylic acid groups (broad SMARTS) is 1. The Morgan fingerprint density at radius 3 is 2.27 bits per heavy atom. The van der Waals surface area contributed by atoms with Crippen LogP contribution in [-0.4, -0.2) is 40.4 Å². The minimum absolute atomic E-state index is 0.0467. The molecule has 0 aliphatic rings. The van der Waals surface area contributed by atoms with Crippen LogP contribution in [0.3, 0.4) is 0 Å². The minimum atomic E-state index is -1.06. The van der Waals surface area contributed by atoms with Gasteiger partial charge in [0, 0.05) is 5.69 Å². The van der Waals surface area contributed by atoms with Gasteiger partial charge in [0.1, 0.15) is 6.04 Å². The Morgan fingerprint density at radius 1 is 1.14 bits per heavy atom. The molecule has 1 rings (SSSR count). The Kier molecular flexibility index (Phi) is 7.45. The Hall–Kier alpha value is -2.02. The lowest BCUT2D eigenvalue weighted by Gasteiger charge is -2.11. The van der Waals surface area contributed by atoms with Gasteiger partial charge in [-0.1, -0.05) is 24.6 Å². The number of amides is 2. The number of benzene rings is 1. The molecule has 0 fully saturated rings. The van der Waals surface area contributed by atoms with Crippen LogP contribution in [0.1, 0.15) is 18.9 Å². The lowest BCUT2D eigenvalue weighted by molar-refractivity contribution is -0.141. The number of hydrogen-bond donors (Lipinski definition) is 3. The fourth-order valence-electron chi connectivity index (χ4n) is 1.64. The third-order valence-corrected chi connectivity index (χ3v) is 3.78. The number of aryl methyl sites for hydroxylation is 1. The SMILES string of the molecule is CCC(NC(=O)CSCC(=O)Nc1ccc(C)cc1)C(=O)O. The summed E-state index contributed by atoms with van der Waals surface area (Å²) < 4.78 is 0. The van der Waals surface area contributed by atoms with E-state index in [0.29, 0.717) is 12.1 Å². The summed E-state index contributed by atoms with van der Waals surface area (Å²) in [7, 11) is 0. The topological polar surface area (TPSA) is 95.5 Å². The zero-order valence-electron chi connectivity index (χ0n) is 12.6. The van der Waals surface area contributed by atoms with Gasteiger partial charge in [-0.15, -0.1) is 11.8 Å². The molecule has 1 aromatic carbocycles. The Morgan fingerprint density at radius 2 is 1.73 bits per heavy atom. The molecule has 2 amide bonds. The van der Waals surface area contributed by atoms with E-state index in [9.17, 15) is 14.4 Å². The fourth-order valence-corrected chi connectivity index (χ4v) is 2.27. The molecule has 0 heterocycles. The van der Waals surface area contributed by atoms with Gasteiger partial charge in [-0.05, 0) is 25.5 Å². The molecule has 0 aliphatic carbocycles. The van der Waals surface area contributed by atoms with Crippen LogP contribution >= 0.6 is 11.8 Å². The van der Waals surface area contributed by atoms with Crippen LogP contribution in [0.25, 0.3) is 0 Å². The summed E-state index contributed by atoms with van der Waals surface area (Å²) in [6.45, 7) is 3.64. The molecular weight excluding hydrogens is 304 g/mol. The number of carbonyl (C=O) groups is 3. The number of anilines is 1. The van der Waals surface area contributed by atoms with Gasteiger partial charge in [0.2, 0.25) is 11.8 Å².